The van der Waals surface area contributed by atoms with E-state index in [-0.39, 0.29) is 29.5 Å². The van der Waals surface area contributed by atoms with Crippen molar-refractivity contribution in [1.29, 1.82) is 0 Å². The number of ether oxygens (including phenoxy) is 1. The van der Waals surface area contributed by atoms with E-state index < -0.39 is 0 Å². The molecule has 0 amide bonds. The molecule has 2 aliphatic rings. The average Bonchev–Trinajstić information content (AvgIpc) is 3.06. The fourth-order valence-corrected chi connectivity index (χ4v) is 4.63. The summed E-state index contributed by atoms with van der Waals surface area (Å²) in [5, 5.41) is 3.19. The maximum atomic E-state index is 6.10. The van der Waals surface area contributed by atoms with Gasteiger partial charge in [-0.1, -0.05) is 17.7 Å². The highest BCUT2D eigenvalue weighted by atomic mass is 127. The van der Waals surface area contributed by atoms with Crippen LogP contribution in [-0.4, -0.2) is 60.8 Å². The van der Waals surface area contributed by atoms with Gasteiger partial charge in [-0.05, 0) is 31.2 Å². The predicted molar refractivity (Wildman–Crippen MR) is 114 cm³/mol. The largest absolute Gasteiger partial charge is 0.379 e. The number of guanidine groups is 1. The van der Waals surface area contributed by atoms with E-state index in [1.807, 2.05) is 23.9 Å². The summed E-state index contributed by atoms with van der Waals surface area (Å²) in [4.78, 5) is 7.21. The number of thioether (sulfide) groups is 1. The lowest BCUT2D eigenvalue weighted by Gasteiger charge is -2.42. The summed E-state index contributed by atoms with van der Waals surface area (Å²) in [5.74, 6) is 2.84. The van der Waals surface area contributed by atoms with Gasteiger partial charge in [0, 0.05) is 24.5 Å². The van der Waals surface area contributed by atoms with Crippen LogP contribution in [0.4, 0.5) is 5.69 Å². The lowest BCUT2D eigenvalue weighted by Crippen LogP contribution is -2.56. The zero-order valence-electron chi connectivity index (χ0n) is 14.2. The molecular formula is C17H27IN4OS. The number of aryl methyl sites for hydroxylation is 1. The summed E-state index contributed by atoms with van der Waals surface area (Å²) >= 11 is 2.02. The van der Waals surface area contributed by atoms with Gasteiger partial charge >= 0.3 is 0 Å². The van der Waals surface area contributed by atoms with E-state index in [2.05, 4.69) is 34.3 Å². The molecule has 134 valence electrons. The normalized spacial score (nSPS) is 25.3. The van der Waals surface area contributed by atoms with Crippen LogP contribution in [0.5, 0.6) is 0 Å². The quantitative estimate of drug-likeness (QED) is 0.409. The molecule has 2 saturated heterocycles. The van der Waals surface area contributed by atoms with Gasteiger partial charge < -0.3 is 15.8 Å². The summed E-state index contributed by atoms with van der Waals surface area (Å²) in [7, 11) is 0. The number of nitrogens with one attached hydrogen (secondary N) is 1. The molecule has 1 unspecified atom stereocenters. The maximum Gasteiger partial charge on any atom is 0.193 e. The third kappa shape index (κ3) is 5.00. The third-order valence-corrected chi connectivity index (χ3v) is 5.87. The Labute approximate surface area is 165 Å². The Bertz CT molecular complexity index is 540. The zero-order valence-corrected chi connectivity index (χ0v) is 17.3. The van der Waals surface area contributed by atoms with Crippen molar-refractivity contribution >= 4 is 47.4 Å². The molecule has 24 heavy (non-hydrogen) atoms. The minimum absolute atomic E-state index is 0. The molecule has 0 saturated carbocycles. The van der Waals surface area contributed by atoms with Gasteiger partial charge in [-0.25, -0.2) is 0 Å². The standard InChI is InChI=1S/C17H26N4OS.HI/c1-14-2-4-15(5-3-14)20-16(18)19-12-17(6-11-23-13-17)21-7-9-22-10-8-21;/h2-5H,6-13H2,1H3,(H3,18,19,20);1H. The Kier molecular flexibility index (Phi) is 7.64. The minimum atomic E-state index is 0. The van der Waals surface area contributed by atoms with Crippen LogP contribution in [0.15, 0.2) is 29.3 Å². The fourth-order valence-electron chi connectivity index (χ4n) is 3.16. The Morgan fingerprint density at radius 2 is 2.04 bits per heavy atom. The number of aliphatic imine (C=N–C) groups is 1. The Morgan fingerprint density at radius 1 is 1.33 bits per heavy atom. The van der Waals surface area contributed by atoms with Gasteiger partial charge in [-0.2, -0.15) is 11.8 Å². The van der Waals surface area contributed by atoms with Gasteiger partial charge in [0.1, 0.15) is 0 Å². The van der Waals surface area contributed by atoms with Gasteiger partial charge in [-0.15, -0.1) is 24.0 Å². The SMILES string of the molecule is Cc1ccc(NC(N)=NCC2(N3CCOCC3)CCSC2)cc1.I. The minimum Gasteiger partial charge on any atom is -0.379 e. The summed E-state index contributed by atoms with van der Waals surface area (Å²) < 4.78 is 5.50. The van der Waals surface area contributed by atoms with Crippen molar-refractivity contribution in [3.05, 3.63) is 29.8 Å². The first-order chi connectivity index (χ1) is 11.2. The smallest absolute Gasteiger partial charge is 0.193 e. The predicted octanol–water partition coefficient (Wildman–Crippen LogP) is 2.55. The number of benzene rings is 1. The van der Waals surface area contributed by atoms with E-state index >= 15 is 0 Å². The van der Waals surface area contributed by atoms with E-state index in [9.17, 15) is 0 Å². The molecule has 3 rings (SSSR count). The van der Waals surface area contributed by atoms with Crippen LogP contribution < -0.4 is 11.1 Å². The second-order valence-electron chi connectivity index (χ2n) is 6.32. The van der Waals surface area contributed by atoms with Gasteiger partial charge in [-0.3, -0.25) is 9.89 Å². The van der Waals surface area contributed by atoms with Gasteiger partial charge in [0.25, 0.3) is 0 Å². The van der Waals surface area contributed by atoms with Gasteiger partial charge in [0.2, 0.25) is 0 Å². The third-order valence-electron chi connectivity index (χ3n) is 4.63. The van der Waals surface area contributed by atoms with E-state index in [0.29, 0.717) is 5.96 Å². The molecule has 3 N–H and O–H groups in total. The molecule has 2 aliphatic heterocycles. The molecule has 7 heteroatoms. The first kappa shape index (κ1) is 19.8. The molecule has 0 aliphatic carbocycles. The van der Waals surface area contributed by atoms with E-state index in [0.717, 1.165) is 44.3 Å². The highest BCUT2D eigenvalue weighted by Gasteiger charge is 2.40. The van der Waals surface area contributed by atoms with Crippen LogP contribution in [-0.2, 0) is 4.74 Å². The molecule has 0 aromatic heterocycles. The summed E-state index contributed by atoms with van der Waals surface area (Å²) in [6.45, 7) is 6.49. The summed E-state index contributed by atoms with van der Waals surface area (Å²) in [6, 6.07) is 8.19. The van der Waals surface area contributed by atoms with Crippen molar-refractivity contribution in [3.8, 4) is 0 Å². The zero-order chi connectivity index (χ0) is 16.1. The Hall–Kier alpha value is -0.510. The number of nitrogens with zero attached hydrogens (tertiary/aromatic N) is 2. The van der Waals surface area contributed by atoms with Gasteiger partial charge in [0.15, 0.2) is 5.96 Å². The van der Waals surface area contributed by atoms with Crippen molar-refractivity contribution in [2.24, 2.45) is 10.7 Å². The molecule has 1 aromatic rings. The second kappa shape index (κ2) is 9.26. The van der Waals surface area contributed by atoms with Crippen molar-refractivity contribution in [2.45, 2.75) is 18.9 Å². The molecule has 5 nitrogen and oxygen atoms in total. The molecule has 2 heterocycles. The van der Waals surface area contributed by atoms with Crippen LogP contribution >= 0.6 is 35.7 Å². The lowest BCUT2D eigenvalue weighted by atomic mass is 9.96. The molecule has 1 atom stereocenters. The number of hydrogen-bond acceptors (Lipinski definition) is 4. The summed E-state index contributed by atoms with van der Waals surface area (Å²) in [5.41, 5.74) is 8.47. The number of anilines is 1. The molecule has 0 spiro atoms. The molecule has 0 bridgehead atoms. The average molecular weight is 462 g/mol. The van der Waals surface area contributed by atoms with Crippen LogP contribution in [0.2, 0.25) is 0 Å². The first-order valence-corrected chi connectivity index (χ1v) is 9.38. The molecule has 0 radical (unpaired) electrons. The first-order valence-electron chi connectivity index (χ1n) is 8.22. The summed E-state index contributed by atoms with van der Waals surface area (Å²) in [6.07, 6.45) is 1.18. The highest BCUT2D eigenvalue weighted by molar-refractivity contribution is 14.0. The molecule has 2 fully saturated rings. The Balaban J connectivity index is 0.00000208. The van der Waals surface area contributed by atoms with Crippen molar-refractivity contribution in [3.63, 3.8) is 0 Å². The lowest BCUT2D eigenvalue weighted by molar-refractivity contribution is -0.0104. The van der Waals surface area contributed by atoms with Crippen molar-refractivity contribution in [2.75, 3.05) is 49.7 Å². The van der Waals surface area contributed by atoms with Crippen molar-refractivity contribution < 1.29 is 4.74 Å². The number of morpholine rings is 1. The van der Waals surface area contributed by atoms with Crippen LogP contribution in [0.3, 0.4) is 0 Å². The van der Waals surface area contributed by atoms with Gasteiger partial charge in [0.05, 0.1) is 25.3 Å². The van der Waals surface area contributed by atoms with Crippen LogP contribution in [0.25, 0.3) is 0 Å². The molecular weight excluding hydrogens is 435 g/mol. The highest BCUT2D eigenvalue weighted by Crippen LogP contribution is 2.34. The van der Waals surface area contributed by atoms with E-state index in [1.54, 1.807) is 0 Å². The molecule has 1 aromatic carbocycles. The van der Waals surface area contributed by atoms with Crippen LogP contribution in [0.1, 0.15) is 12.0 Å². The fraction of sp³-hybridized carbons (Fsp3) is 0.588. The number of rotatable bonds is 4. The Morgan fingerprint density at radius 3 is 2.67 bits per heavy atom. The van der Waals surface area contributed by atoms with Crippen molar-refractivity contribution in [1.82, 2.24) is 4.90 Å². The number of nitrogens with two attached hydrogens (primary N) is 1. The number of halogens is 1. The van der Waals surface area contributed by atoms with E-state index in [1.165, 1.54) is 17.7 Å². The van der Waals surface area contributed by atoms with Crippen LogP contribution in [0, 0.1) is 6.92 Å². The topological polar surface area (TPSA) is 62.9 Å². The monoisotopic (exact) mass is 462 g/mol. The number of hydrogen-bond donors (Lipinski definition) is 2. The second-order valence-corrected chi connectivity index (χ2v) is 7.42. The van der Waals surface area contributed by atoms with E-state index in [4.69, 9.17) is 10.5 Å². The maximum absolute atomic E-state index is 6.10.